The van der Waals surface area contributed by atoms with Gasteiger partial charge in [-0.05, 0) is 0 Å². The van der Waals surface area contributed by atoms with E-state index < -0.39 is 5.91 Å². The van der Waals surface area contributed by atoms with Crippen molar-refractivity contribution >= 4 is 5.91 Å². The fourth-order valence-electron chi connectivity index (χ4n) is 0.535. The van der Waals surface area contributed by atoms with Crippen LogP contribution in [0.15, 0.2) is 12.3 Å². The number of ether oxygens (including phenoxy) is 3. The molecule has 2 N–H and O–H groups in total. The zero-order valence-electron chi connectivity index (χ0n) is 7.69. The van der Waals surface area contributed by atoms with Gasteiger partial charge in [0.2, 0.25) is 5.91 Å². The molecule has 0 rings (SSSR count). The first kappa shape index (κ1) is 11.9. The molecular weight excluding hydrogens is 174 g/mol. The first-order chi connectivity index (χ1) is 6.27. The van der Waals surface area contributed by atoms with Gasteiger partial charge in [-0.3, -0.25) is 4.79 Å². The van der Waals surface area contributed by atoms with E-state index in [1.54, 1.807) is 7.11 Å². The highest BCUT2D eigenvalue weighted by Crippen LogP contribution is 1.80. The molecule has 76 valence electrons. The van der Waals surface area contributed by atoms with Crippen molar-refractivity contribution in [3.63, 3.8) is 0 Å². The molecule has 0 aromatic rings. The number of amides is 1. The Hall–Kier alpha value is -1.07. The largest absolute Gasteiger partial charge is 0.499 e. The fraction of sp³-hybridized carbons (Fsp3) is 0.625. The van der Waals surface area contributed by atoms with Crippen LogP contribution >= 0.6 is 0 Å². The Balaban J connectivity index is 3.03. The van der Waals surface area contributed by atoms with E-state index in [0.29, 0.717) is 26.4 Å². The van der Waals surface area contributed by atoms with E-state index in [9.17, 15) is 4.79 Å². The number of hydrogen-bond donors (Lipinski definition) is 1. The first-order valence-electron chi connectivity index (χ1n) is 3.91. The summed E-state index contributed by atoms with van der Waals surface area (Å²) in [5, 5.41) is 0. The monoisotopic (exact) mass is 189 g/mol. The summed E-state index contributed by atoms with van der Waals surface area (Å²) in [5.74, 6) is -0.527. The van der Waals surface area contributed by atoms with Gasteiger partial charge in [0.1, 0.15) is 6.61 Å². The van der Waals surface area contributed by atoms with Gasteiger partial charge < -0.3 is 19.9 Å². The maximum Gasteiger partial charge on any atom is 0.244 e. The molecule has 5 nitrogen and oxygen atoms in total. The van der Waals surface area contributed by atoms with Crippen LogP contribution in [0.4, 0.5) is 0 Å². The second kappa shape index (κ2) is 9.02. The lowest BCUT2D eigenvalue weighted by Gasteiger charge is -2.02. The van der Waals surface area contributed by atoms with Gasteiger partial charge in [0.05, 0.1) is 26.1 Å². The molecule has 0 heterocycles. The second-order valence-corrected chi connectivity index (χ2v) is 2.18. The zero-order valence-corrected chi connectivity index (χ0v) is 7.69. The third-order valence-electron chi connectivity index (χ3n) is 1.11. The van der Waals surface area contributed by atoms with Crippen LogP contribution in [-0.4, -0.2) is 39.4 Å². The lowest BCUT2D eigenvalue weighted by Crippen LogP contribution is -2.08. The van der Waals surface area contributed by atoms with Crippen LogP contribution in [0, 0.1) is 0 Å². The van der Waals surface area contributed by atoms with Crippen LogP contribution in [-0.2, 0) is 19.0 Å². The topological polar surface area (TPSA) is 70.8 Å². The predicted octanol–water partition coefficient (Wildman–Crippen LogP) is -0.335. The number of nitrogens with two attached hydrogens (primary N) is 1. The van der Waals surface area contributed by atoms with Crippen LogP contribution in [0.2, 0.25) is 0 Å². The zero-order chi connectivity index (χ0) is 9.94. The molecule has 0 aromatic carbocycles. The van der Waals surface area contributed by atoms with Gasteiger partial charge >= 0.3 is 0 Å². The Morgan fingerprint density at radius 2 is 2.00 bits per heavy atom. The van der Waals surface area contributed by atoms with Gasteiger partial charge in [-0.15, -0.1) is 0 Å². The Kier molecular flexibility index (Phi) is 8.28. The van der Waals surface area contributed by atoms with Crippen LogP contribution in [0.3, 0.4) is 0 Å². The Bertz CT molecular complexity index is 158. The summed E-state index contributed by atoms with van der Waals surface area (Å²) in [5.41, 5.74) is 4.82. The molecule has 0 aromatic heterocycles. The molecule has 0 aliphatic heterocycles. The van der Waals surface area contributed by atoms with Gasteiger partial charge in [-0.1, -0.05) is 0 Å². The molecule has 0 fully saturated rings. The van der Waals surface area contributed by atoms with E-state index in [-0.39, 0.29) is 0 Å². The van der Waals surface area contributed by atoms with Crippen molar-refractivity contribution in [3.05, 3.63) is 12.3 Å². The van der Waals surface area contributed by atoms with Crippen LogP contribution in [0.1, 0.15) is 0 Å². The third-order valence-corrected chi connectivity index (χ3v) is 1.11. The van der Waals surface area contributed by atoms with Gasteiger partial charge in [-0.25, -0.2) is 0 Å². The Morgan fingerprint density at radius 3 is 2.62 bits per heavy atom. The number of primary amides is 1. The fourth-order valence-corrected chi connectivity index (χ4v) is 0.535. The molecule has 0 aliphatic carbocycles. The molecule has 13 heavy (non-hydrogen) atoms. The van der Waals surface area contributed by atoms with Crippen molar-refractivity contribution in [1.29, 1.82) is 0 Å². The van der Waals surface area contributed by atoms with Crippen molar-refractivity contribution in [3.8, 4) is 0 Å². The van der Waals surface area contributed by atoms with Gasteiger partial charge in [-0.2, -0.15) is 0 Å². The molecule has 0 saturated heterocycles. The molecule has 1 amide bonds. The first-order valence-corrected chi connectivity index (χ1v) is 3.91. The number of rotatable bonds is 8. The molecule has 0 bridgehead atoms. The highest BCUT2D eigenvalue weighted by molar-refractivity contribution is 5.85. The molecule has 0 atom stereocenters. The summed E-state index contributed by atoms with van der Waals surface area (Å²) in [6.07, 6.45) is 2.40. The summed E-state index contributed by atoms with van der Waals surface area (Å²) in [7, 11) is 1.61. The van der Waals surface area contributed by atoms with E-state index in [1.165, 1.54) is 6.26 Å². The maximum absolute atomic E-state index is 10.2. The second-order valence-electron chi connectivity index (χ2n) is 2.18. The quantitative estimate of drug-likeness (QED) is 0.322. The Labute approximate surface area is 77.4 Å². The summed E-state index contributed by atoms with van der Waals surface area (Å²) < 4.78 is 14.7. The number of hydrogen-bond acceptors (Lipinski definition) is 4. The van der Waals surface area contributed by atoms with Gasteiger partial charge in [0, 0.05) is 13.2 Å². The predicted molar refractivity (Wildman–Crippen MR) is 47.0 cm³/mol. The van der Waals surface area contributed by atoms with Crippen molar-refractivity contribution in [2.75, 3.05) is 33.5 Å². The molecule has 0 radical (unpaired) electrons. The van der Waals surface area contributed by atoms with E-state index >= 15 is 0 Å². The minimum absolute atomic E-state index is 0.396. The molecule has 0 unspecified atom stereocenters. The lowest BCUT2D eigenvalue weighted by atomic mass is 10.6. The van der Waals surface area contributed by atoms with Crippen LogP contribution in [0.25, 0.3) is 0 Å². The van der Waals surface area contributed by atoms with E-state index in [4.69, 9.17) is 19.9 Å². The van der Waals surface area contributed by atoms with Crippen LogP contribution < -0.4 is 5.73 Å². The number of carbonyl (C=O) groups excluding carboxylic acids is 1. The highest BCUT2D eigenvalue weighted by Gasteiger charge is 1.87. The van der Waals surface area contributed by atoms with E-state index in [1.807, 2.05) is 0 Å². The van der Waals surface area contributed by atoms with Gasteiger partial charge in [0.15, 0.2) is 0 Å². The molecule has 0 aliphatic rings. The minimum Gasteiger partial charge on any atom is -0.499 e. The maximum atomic E-state index is 10.2. The summed E-state index contributed by atoms with van der Waals surface area (Å²) in [4.78, 5) is 10.2. The normalized spacial score (nSPS) is 10.5. The standard InChI is InChI=1S/C8H15NO4/c1-11-4-5-13-7-6-12-3-2-8(9)10/h2-3H,4-7H2,1H3,(H2,9,10). The molecule has 0 spiro atoms. The third kappa shape index (κ3) is 10.9. The summed E-state index contributed by atoms with van der Waals surface area (Å²) >= 11 is 0. The van der Waals surface area contributed by atoms with E-state index in [2.05, 4.69) is 0 Å². The average Bonchev–Trinajstić information content (AvgIpc) is 2.09. The molecule has 5 heteroatoms. The summed E-state index contributed by atoms with van der Waals surface area (Å²) in [6.45, 7) is 1.97. The van der Waals surface area contributed by atoms with Crippen molar-refractivity contribution < 1.29 is 19.0 Å². The molecular formula is C8H15NO4. The van der Waals surface area contributed by atoms with Crippen molar-refractivity contribution in [2.24, 2.45) is 5.73 Å². The average molecular weight is 189 g/mol. The molecule has 0 saturated carbocycles. The van der Waals surface area contributed by atoms with Crippen molar-refractivity contribution in [1.82, 2.24) is 0 Å². The number of carbonyl (C=O) groups is 1. The minimum atomic E-state index is -0.527. The van der Waals surface area contributed by atoms with E-state index in [0.717, 1.165) is 6.08 Å². The number of methoxy groups -OCH3 is 1. The van der Waals surface area contributed by atoms with Gasteiger partial charge in [0.25, 0.3) is 0 Å². The SMILES string of the molecule is COCCOCCOC=CC(N)=O. The smallest absolute Gasteiger partial charge is 0.244 e. The highest BCUT2D eigenvalue weighted by atomic mass is 16.5. The van der Waals surface area contributed by atoms with Crippen molar-refractivity contribution in [2.45, 2.75) is 0 Å². The lowest BCUT2D eigenvalue weighted by molar-refractivity contribution is -0.113. The van der Waals surface area contributed by atoms with Crippen LogP contribution in [0.5, 0.6) is 0 Å². The Morgan fingerprint density at radius 1 is 1.31 bits per heavy atom. The summed E-state index contributed by atoms with van der Waals surface area (Å²) in [6, 6.07) is 0.